The molecule has 106 valence electrons. The number of hydrogen-bond donors (Lipinski definition) is 0. The molecule has 0 bridgehead atoms. The first-order valence-corrected chi connectivity index (χ1v) is 8.94. The van der Waals surface area contributed by atoms with E-state index in [9.17, 15) is 8.42 Å². The van der Waals surface area contributed by atoms with Gasteiger partial charge in [-0.1, -0.05) is 37.3 Å². The van der Waals surface area contributed by atoms with E-state index in [-0.39, 0.29) is 11.2 Å². The molecule has 0 aromatic heterocycles. The van der Waals surface area contributed by atoms with Gasteiger partial charge >= 0.3 is 0 Å². The molecule has 2 atom stereocenters. The third-order valence-corrected chi connectivity index (χ3v) is 5.54. The van der Waals surface area contributed by atoms with Crippen LogP contribution in [0.4, 0.5) is 0 Å². The minimum atomic E-state index is -3.02. The van der Waals surface area contributed by atoms with E-state index in [1.54, 1.807) is 0 Å². The van der Waals surface area contributed by atoms with Gasteiger partial charge in [0.05, 0.1) is 5.25 Å². The summed E-state index contributed by atoms with van der Waals surface area (Å²) < 4.78 is 24.2. The van der Waals surface area contributed by atoms with Gasteiger partial charge in [0.1, 0.15) is 0 Å². The van der Waals surface area contributed by atoms with Crippen LogP contribution in [0.25, 0.3) is 0 Å². The standard InChI is InChI=1S/C15H23NO2S/c1-3-10-16-11-9-14(13-7-5-4-6-8-13)15(12-16)19(2,17)18/h4-8,14-15H,3,9-12H2,1-2H3/t14-,15+/m1/s1. The van der Waals surface area contributed by atoms with Gasteiger partial charge in [0.15, 0.2) is 9.84 Å². The quantitative estimate of drug-likeness (QED) is 0.850. The van der Waals surface area contributed by atoms with Crippen LogP contribution in [-0.4, -0.2) is 44.5 Å². The lowest BCUT2D eigenvalue weighted by Gasteiger charge is -2.37. The highest BCUT2D eigenvalue weighted by molar-refractivity contribution is 7.91. The van der Waals surface area contributed by atoms with Crippen LogP contribution in [0.2, 0.25) is 0 Å². The average molecular weight is 281 g/mol. The Morgan fingerprint density at radius 2 is 1.95 bits per heavy atom. The number of rotatable bonds is 4. The van der Waals surface area contributed by atoms with Crippen LogP contribution in [0.15, 0.2) is 30.3 Å². The fourth-order valence-corrected chi connectivity index (χ4v) is 4.39. The SMILES string of the molecule is CCCN1CC[C@H](c2ccccc2)[C@@H](S(C)(=O)=O)C1. The van der Waals surface area contributed by atoms with Crippen molar-refractivity contribution in [3.8, 4) is 0 Å². The number of piperidine rings is 1. The van der Waals surface area contributed by atoms with E-state index in [1.165, 1.54) is 6.26 Å². The number of likely N-dealkylation sites (tertiary alicyclic amines) is 1. The molecule has 1 fully saturated rings. The average Bonchev–Trinajstić information content (AvgIpc) is 2.39. The van der Waals surface area contributed by atoms with E-state index < -0.39 is 9.84 Å². The van der Waals surface area contributed by atoms with E-state index in [4.69, 9.17) is 0 Å². The van der Waals surface area contributed by atoms with Crippen molar-refractivity contribution in [1.29, 1.82) is 0 Å². The zero-order valence-corrected chi connectivity index (χ0v) is 12.6. The molecule has 3 nitrogen and oxygen atoms in total. The van der Waals surface area contributed by atoms with E-state index in [1.807, 2.05) is 18.2 Å². The highest BCUT2D eigenvalue weighted by atomic mass is 32.2. The molecule has 4 heteroatoms. The molecule has 1 heterocycles. The summed E-state index contributed by atoms with van der Waals surface area (Å²) in [7, 11) is -3.02. The van der Waals surface area contributed by atoms with Gasteiger partial charge in [0.2, 0.25) is 0 Å². The summed E-state index contributed by atoms with van der Waals surface area (Å²) in [5.74, 6) is 0.143. The van der Waals surface area contributed by atoms with Crippen molar-refractivity contribution in [2.75, 3.05) is 25.9 Å². The largest absolute Gasteiger partial charge is 0.302 e. The van der Waals surface area contributed by atoms with Crippen molar-refractivity contribution < 1.29 is 8.42 Å². The third kappa shape index (κ3) is 3.57. The molecule has 1 aliphatic rings. The molecular weight excluding hydrogens is 258 g/mol. The maximum Gasteiger partial charge on any atom is 0.152 e. The number of nitrogens with zero attached hydrogens (tertiary/aromatic N) is 1. The summed E-state index contributed by atoms with van der Waals surface area (Å²) in [6.45, 7) is 4.80. The van der Waals surface area contributed by atoms with E-state index in [0.717, 1.165) is 31.5 Å². The van der Waals surface area contributed by atoms with Gasteiger partial charge in [-0.15, -0.1) is 0 Å². The lowest BCUT2D eigenvalue weighted by Crippen LogP contribution is -2.46. The minimum Gasteiger partial charge on any atom is -0.302 e. The zero-order valence-electron chi connectivity index (χ0n) is 11.7. The van der Waals surface area contributed by atoms with Crippen molar-refractivity contribution in [2.45, 2.75) is 30.9 Å². The van der Waals surface area contributed by atoms with Crippen LogP contribution >= 0.6 is 0 Å². The monoisotopic (exact) mass is 281 g/mol. The molecule has 0 radical (unpaired) electrons. The highest BCUT2D eigenvalue weighted by Crippen LogP contribution is 2.32. The van der Waals surface area contributed by atoms with Crippen molar-refractivity contribution in [2.24, 2.45) is 0 Å². The summed E-state index contributed by atoms with van der Waals surface area (Å²) in [4.78, 5) is 2.28. The molecule has 0 aliphatic carbocycles. The smallest absolute Gasteiger partial charge is 0.152 e. The van der Waals surface area contributed by atoms with Gasteiger partial charge < -0.3 is 4.90 Å². The Kier molecular flexibility index (Phi) is 4.63. The fourth-order valence-electron chi connectivity index (χ4n) is 3.02. The Bertz CT molecular complexity index is 498. The lowest BCUT2D eigenvalue weighted by atomic mass is 9.89. The van der Waals surface area contributed by atoms with E-state index >= 15 is 0 Å². The Morgan fingerprint density at radius 1 is 1.26 bits per heavy atom. The molecule has 0 unspecified atom stereocenters. The first kappa shape index (κ1) is 14.5. The molecule has 0 saturated carbocycles. The van der Waals surface area contributed by atoms with Crippen molar-refractivity contribution in [3.05, 3.63) is 35.9 Å². The van der Waals surface area contributed by atoms with Gasteiger partial charge in [0, 0.05) is 18.7 Å². The van der Waals surface area contributed by atoms with Crippen molar-refractivity contribution >= 4 is 9.84 Å². The molecule has 0 amide bonds. The van der Waals surface area contributed by atoms with E-state index in [2.05, 4.69) is 24.0 Å². The van der Waals surface area contributed by atoms with Crippen molar-refractivity contribution in [3.63, 3.8) is 0 Å². The Labute approximate surface area is 116 Å². The molecule has 1 saturated heterocycles. The Hall–Kier alpha value is -0.870. The van der Waals surface area contributed by atoms with Crippen LogP contribution < -0.4 is 0 Å². The van der Waals surface area contributed by atoms with Crippen LogP contribution in [0.1, 0.15) is 31.2 Å². The maximum atomic E-state index is 12.1. The first-order valence-electron chi connectivity index (χ1n) is 6.98. The molecule has 1 aromatic carbocycles. The highest BCUT2D eigenvalue weighted by Gasteiger charge is 2.36. The van der Waals surface area contributed by atoms with Crippen LogP contribution in [0.5, 0.6) is 0 Å². The zero-order chi connectivity index (χ0) is 13.9. The topological polar surface area (TPSA) is 37.4 Å². The van der Waals surface area contributed by atoms with Gasteiger partial charge in [-0.2, -0.15) is 0 Å². The van der Waals surface area contributed by atoms with Gasteiger partial charge in [-0.25, -0.2) is 8.42 Å². The van der Waals surface area contributed by atoms with Gasteiger partial charge in [0.25, 0.3) is 0 Å². The number of hydrogen-bond acceptors (Lipinski definition) is 3. The molecule has 1 aliphatic heterocycles. The van der Waals surface area contributed by atoms with Crippen LogP contribution in [0.3, 0.4) is 0 Å². The number of benzene rings is 1. The van der Waals surface area contributed by atoms with Crippen LogP contribution in [0, 0.1) is 0 Å². The third-order valence-electron chi connectivity index (χ3n) is 3.96. The predicted molar refractivity (Wildman–Crippen MR) is 79.2 cm³/mol. The second-order valence-corrected chi connectivity index (χ2v) is 7.74. The Balaban J connectivity index is 2.24. The molecule has 0 N–H and O–H groups in total. The molecule has 19 heavy (non-hydrogen) atoms. The van der Waals surface area contributed by atoms with E-state index in [0.29, 0.717) is 6.54 Å². The summed E-state index contributed by atoms with van der Waals surface area (Å²) in [6.07, 6.45) is 3.39. The molecular formula is C15H23NO2S. The molecule has 0 spiro atoms. The van der Waals surface area contributed by atoms with Gasteiger partial charge in [-0.3, -0.25) is 0 Å². The molecule has 2 rings (SSSR count). The predicted octanol–water partition coefficient (Wildman–Crippen LogP) is 2.30. The second-order valence-electron chi connectivity index (χ2n) is 5.47. The fraction of sp³-hybridized carbons (Fsp3) is 0.600. The molecule has 1 aromatic rings. The summed E-state index contributed by atoms with van der Waals surface area (Å²) in [5, 5.41) is -0.268. The number of sulfone groups is 1. The summed E-state index contributed by atoms with van der Waals surface area (Å²) in [6, 6.07) is 10.1. The Morgan fingerprint density at radius 3 is 2.53 bits per heavy atom. The van der Waals surface area contributed by atoms with Crippen LogP contribution in [-0.2, 0) is 9.84 Å². The lowest BCUT2D eigenvalue weighted by molar-refractivity contribution is 0.215. The second kappa shape index (κ2) is 6.06. The summed E-state index contributed by atoms with van der Waals surface area (Å²) in [5.41, 5.74) is 1.16. The van der Waals surface area contributed by atoms with Crippen molar-refractivity contribution in [1.82, 2.24) is 4.90 Å². The normalized spacial score (nSPS) is 25.4. The summed E-state index contributed by atoms with van der Waals surface area (Å²) >= 11 is 0. The maximum absolute atomic E-state index is 12.1. The van der Waals surface area contributed by atoms with Gasteiger partial charge in [-0.05, 0) is 31.5 Å². The minimum absolute atomic E-state index is 0.143. The first-order chi connectivity index (χ1) is 9.02.